The maximum Gasteiger partial charge on any atom is 0.231 e. The average molecular weight is 378 g/mol. The van der Waals surface area contributed by atoms with E-state index in [9.17, 15) is 5.11 Å². The molecule has 0 saturated carbocycles. The second-order valence-corrected chi connectivity index (χ2v) is 6.61. The molecule has 7 heteroatoms. The summed E-state index contributed by atoms with van der Waals surface area (Å²) >= 11 is 0. The second-order valence-electron chi connectivity index (χ2n) is 6.61. The van der Waals surface area contributed by atoms with Crippen molar-refractivity contribution in [3.63, 3.8) is 0 Å². The Morgan fingerprint density at radius 2 is 1.79 bits per heavy atom. The third kappa shape index (κ3) is 4.25. The number of aromatic hydroxyl groups is 1. The molecule has 0 unspecified atom stereocenters. The summed E-state index contributed by atoms with van der Waals surface area (Å²) in [5, 5.41) is 16.0. The van der Waals surface area contributed by atoms with Gasteiger partial charge in [0, 0.05) is 24.8 Å². The zero-order valence-corrected chi connectivity index (χ0v) is 15.6. The van der Waals surface area contributed by atoms with Crippen molar-refractivity contribution in [2.75, 3.05) is 24.0 Å². The minimum Gasteiger partial charge on any atom is -0.508 e. The van der Waals surface area contributed by atoms with Crippen molar-refractivity contribution in [3.05, 3.63) is 65.4 Å². The average Bonchev–Trinajstić information content (AvgIpc) is 3.18. The van der Waals surface area contributed by atoms with Gasteiger partial charge in [-0.1, -0.05) is 18.2 Å². The Morgan fingerprint density at radius 3 is 2.64 bits per heavy atom. The Bertz CT molecular complexity index is 960. The third-order valence-electron chi connectivity index (χ3n) is 4.50. The lowest BCUT2D eigenvalue weighted by atomic mass is 10.1. The fourth-order valence-electron chi connectivity index (χ4n) is 2.93. The van der Waals surface area contributed by atoms with Crippen LogP contribution in [0.3, 0.4) is 0 Å². The van der Waals surface area contributed by atoms with Gasteiger partial charge >= 0.3 is 0 Å². The first-order valence-electron chi connectivity index (χ1n) is 9.15. The number of nitrogens with one attached hydrogen (secondary N) is 2. The molecule has 2 aromatic carbocycles. The number of hydrogen-bond donors (Lipinski definition) is 3. The molecule has 7 nitrogen and oxygen atoms in total. The van der Waals surface area contributed by atoms with E-state index in [2.05, 4.69) is 20.6 Å². The van der Waals surface area contributed by atoms with Crippen LogP contribution in [0.25, 0.3) is 0 Å². The molecule has 1 aliphatic heterocycles. The van der Waals surface area contributed by atoms with E-state index in [4.69, 9.17) is 9.47 Å². The molecule has 0 bridgehead atoms. The SMILES string of the molecule is Cc1cnc(NCc2ccc3c(c2)OCO3)nc1NCCc1ccc(O)cc1. The summed E-state index contributed by atoms with van der Waals surface area (Å²) in [5.74, 6) is 3.19. The van der Waals surface area contributed by atoms with Crippen LogP contribution in [0.2, 0.25) is 0 Å². The number of fused-ring (bicyclic) bond motifs is 1. The van der Waals surface area contributed by atoms with E-state index in [1.807, 2.05) is 37.3 Å². The number of anilines is 2. The summed E-state index contributed by atoms with van der Waals surface area (Å²) < 4.78 is 10.7. The van der Waals surface area contributed by atoms with Gasteiger partial charge in [0.2, 0.25) is 12.7 Å². The minimum absolute atomic E-state index is 0.270. The van der Waals surface area contributed by atoms with Crippen molar-refractivity contribution >= 4 is 11.8 Å². The van der Waals surface area contributed by atoms with Crippen LogP contribution in [-0.4, -0.2) is 28.4 Å². The van der Waals surface area contributed by atoms with Gasteiger partial charge in [0.05, 0.1) is 0 Å². The van der Waals surface area contributed by atoms with E-state index in [1.165, 1.54) is 0 Å². The molecule has 0 spiro atoms. The smallest absolute Gasteiger partial charge is 0.231 e. The molecule has 144 valence electrons. The number of ether oxygens (including phenoxy) is 2. The predicted molar refractivity (Wildman–Crippen MR) is 107 cm³/mol. The summed E-state index contributed by atoms with van der Waals surface area (Å²) in [6.45, 7) is 3.58. The Balaban J connectivity index is 1.34. The highest BCUT2D eigenvalue weighted by atomic mass is 16.7. The molecule has 0 atom stereocenters. The number of aromatic nitrogens is 2. The Labute approximate surface area is 163 Å². The van der Waals surface area contributed by atoms with Crippen LogP contribution < -0.4 is 20.1 Å². The van der Waals surface area contributed by atoms with E-state index in [-0.39, 0.29) is 12.5 Å². The lowest BCUT2D eigenvalue weighted by Crippen LogP contribution is -2.10. The molecule has 0 amide bonds. The number of rotatable bonds is 7. The van der Waals surface area contributed by atoms with Gasteiger partial charge in [0.15, 0.2) is 11.5 Å². The van der Waals surface area contributed by atoms with Crippen molar-refractivity contribution in [2.45, 2.75) is 19.9 Å². The first-order valence-corrected chi connectivity index (χ1v) is 9.15. The molecule has 0 fully saturated rings. The molecule has 2 heterocycles. The van der Waals surface area contributed by atoms with E-state index in [1.54, 1.807) is 18.3 Å². The van der Waals surface area contributed by atoms with Gasteiger partial charge in [-0.25, -0.2) is 4.98 Å². The van der Waals surface area contributed by atoms with Crippen LogP contribution >= 0.6 is 0 Å². The summed E-state index contributed by atoms with van der Waals surface area (Å²) in [6.07, 6.45) is 2.64. The molecular formula is C21H22N4O3. The van der Waals surface area contributed by atoms with Crippen LogP contribution in [-0.2, 0) is 13.0 Å². The Kier molecular flexibility index (Phi) is 5.14. The maximum absolute atomic E-state index is 9.35. The lowest BCUT2D eigenvalue weighted by molar-refractivity contribution is 0.174. The third-order valence-corrected chi connectivity index (χ3v) is 4.50. The highest BCUT2D eigenvalue weighted by Crippen LogP contribution is 2.32. The number of benzene rings is 2. The van der Waals surface area contributed by atoms with Crippen molar-refractivity contribution in [1.82, 2.24) is 9.97 Å². The largest absolute Gasteiger partial charge is 0.508 e. The second kappa shape index (κ2) is 8.04. The Hall–Kier alpha value is -3.48. The van der Waals surface area contributed by atoms with Gasteiger partial charge in [0.1, 0.15) is 11.6 Å². The molecule has 4 rings (SSSR count). The highest BCUT2D eigenvalue weighted by molar-refractivity contribution is 5.48. The van der Waals surface area contributed by atoms with Gasteiger partial charge in [-0.15, -0.1) is 0 Å². The highest BCUT2D eigenvalue weighted by Gasteiger charge is 2.13. The monoisotopic (exact) mass is 378 g/mol. The fourth-order valence-corrected chi connectivity index (χ4v) is 2.93. The molecule has 0 saturated heterocycles. The molecule has 3 aromatic rings. The molecule has 1 aromatic heterocycles. The van der Waals surface area contributed by atoms with Crippen molar-refractivity contribution in [3.8, 4) is 17.2 Å². The lowest BCUT2D eigenvalue weighted by Gasteiger charge is -2.11. The zero-order chi connectivity index (χ0) is 19.3. The standard InChI is InChI=1S/C21H22N4O3/c1-14-11-23-21(24-12-16-4-7-18-19(10-16)28-13-27-18)25-20(14)22-9-8-15-2-5-17(26)6-3-15/h2-7,10-11,26H,8-9,12-13H2,1H3,(H2,22,23,24,25). The topological polar surface area (TPSA) is 88.5 Å². The fraction of sp³-hybridized carbons (Fsp3) is 0.238. The van der Waals surface area contributed by atoms with Crippen LogP contribution in [0.1, 0.15) is 16.7 Å². The van der Waals surface area contributed by atoms with Gasteiger partial charge in [0.25, 0.3) is 0 Å². The molecule has 0 radical (unpaired) electrons. The number of nitrogens with zero attached hydrogens (tertiary/aromatic N) is 2. The summed E-state index contributed by atoms with van der Waals surface area (Å²) in [4.78, 5) is 8.93. The maximum atomic E-state index is 9.35. The van der Waals surface area contributed by atoms with E-state index < -0.39 is 0 Å². The first-order chi connectivity index (χ1) is 13.7. The van der Waals surface area contributed by atoms with Crippen LogP contribution in [0, 0.1) is 6.92 Å². The van der Waals surface area contributed by atoms with Gasteiger partial charge < -0.3 is 25.2 Å². The number of phenolic OH excluding ortho intramolecular Hbond substituents is 1. The van der Waals surface area contributed by atoms with E-state index >= 15 is 0 Å². The minimum atomic E-state index is 0.270. The van der Waals surface area contributed by atoms with Gasteiger partial charge in [-0.3, -0.25) is 0 Å². The van der Waals surface area contributed by atoms with Crippen LogP contribution in [0.15, 0.2) is 48.7 Å². The Morgan fingerprint density at radius 1 is 1.00 bits per heavy atom. The zero-order valence-electron chi connectivity index (χ0n) is 15.6. The quantitative estimate of drug-likeness (QED) is 0.580. The molecule has 1 aliphatic rings. The summed E-state index contributed by atoms with van der Waals surface area (Å²) in [5.41, 5.74) is 3.20. The van der Waals surface area contributed by atoms with Crippen LogP contribution in [0.4, 0.5) is 11.8 Å². The van der Waals surface area contributed by atoms with E-state index in [0.29, 0.717) is 12.5 Å². The van der Waals surface area contributed by atoms with E-state index in [0.717, 1.165) is 47.0 Å². The van der Waals surface area contributed by atoms with Crippen molar-refractivity contribution in [2.24, 2.45) is 0 Å². The van der Waals surface area contributed by atoms with Gasteiger partial charge in [-0.2, -0.15) is 4.98 Å². The molecular weight excluding hydrogens is 356 g/mol. The summed E-state index contributed by atoms with van der Waals surface area (Å²) in [7, 11) is 0. The van der Waals surface area contributed by atoms with Gasteiger partial charge in [-0.05, 0) is 48.7 Å². The molecule has 28 heavy (non-hydrogen) atoms. The van der Waals surface area contributed by atoms with Crippen LogP contribution in [0.5, 0.6) is 17.2 Å². The number of phenols is 1. The predicted octanol–water partition coefficient (Wildman–Crippen LogP) is 3.49. The van der Waals surface area contributed by atoms with Crippen molar-refractivity contribution < 1.29 is 14.6 Å². The first kappa shape index (κ1) is 17.9. The number of hydrogen-bond acceptors (Lipinski definition) is 7. The number of aryl methyl sites for hydroxylation is 1. The molecule has 3 N–H and O–H groups in total. The normalized spacial score (nSPS) is 12.0. The summed E-state index contributed by atoms with van der Waals surface area (Å²) in [6, 6.07) is 13.1. The molecule has 0 aliphatic carbocycles. The van der Waals surface area contributed by atoms with Crippen molar-refractivity contribution in [1.29, 1.82) is 0 Å².